The van der Waals surface area contributed by atoms with Gasteiger partial charge in [-0.15, -0.1) is 0 Å². The number of halogens is 2. The van der Waals surface area contributed by atoms with Crippen LogP contribution in [0.25, 0.3) is 0 Å². The standard InChI is InChI=1S/C16H22F2N2/c17-14-5-4-13(15(18)10-14)11-20-9-3-8-19-16(12-20)6-1-2-7-16/h4-5,10,19H,1-3,6-9,11-12H2. The summed E-state index contributed by atoms with van der Waals surface area (Å²) in [7, 11) is 0. The Hall–Kier alpha value is -1.00. The van der Waals surface area contributed by atoms with Gasteiger partial charge in [-0.05, 0) is 38.4 Å². The van der Waals surface area contributed by atoms with E-state index >= 15 is 0 Å². The zero-order valence-electron chi connectivity index (χ0n) is 11.8. The number of rotatable bonds is 2. The van der Waals surface area contributed by atoms with E-state index in [1.54, 1.807) is 6.07 Å². The van der Waals surface area contributed by atoms with Gasteiger partial charge in [0, 0.05) is 30.3 Å². The lowest BCUT2D eigenvalue weighted by atomic mass is 9.97. The number of hydrogen-bond donors (Lipinski definition) is 1. The van der Waals surface area contributed by atoms with E-state index in [0.717, 1.165) is 32.1 Å². The van der Waals surface area contributed by atoms with Crippen molar-refractivity contribution in [1.29, 1.82) is 0 Å². The van der Waals surface area contributed by atoms with E-state index in [-0.39, 0.29) is 5.54 Å². The lowest BCUT2D eigenvalue weighted by Crippen LogP contribution is -2.49. The normalized spacial score (nSPS) is 23.1. The van der Waals surface area contributed by atoms with Gasteiger partial charge in [0.1, 0.15) is 11.6 Å². The van der Waals surface area contributed by atoms with Gasteiger partial charge >= 0.3 is 0 Å². The van der Waals surface area contributed by atoms with Crippen LogP contribution in [0.15, 0.2) is 18.2 Å². The van der Waals surface area contributed by atoms with E-state index in [1.807, 2.05) is 0 Å². The second-order valence-electron chi connectivity index (χ2n) is 6.21. The minimum Gasteiger partial charge on any atom is -0.310 e. The molecule has 1 N–H and O–H groups in total. The van der Waals surface area contributed by atoms with Gasteiger partial charge in [0.2, 0.25) is 0 Å². The first-order valence-electron chi connectivity index (χ1n) is 7.58. The molecule has 0 bridgehead atoms. The van der Waals surface area contributed by atoms with Gasteiger partial charge in [-0.25, -0.2) is 8.78 Å². The van der Waals surface area contributed by atoms with Crippen LogP contribution in [0.3, 0.4) is 0 Å². The lowest BCUT2D eigenvalue weighted by Gasteiger charge is -2.33. The predicted molar refractivity (Wildman–Crippen MR) is 75.5 cm³/mol. The number of nitrogens with one attached hydrogen (secondary N) is 1. The Labute approximate surface area is 119 Å². The quantitative estimate of drug-likeness (QED) is 0.895. The van der Waals surface area contributed by atoms with E-state index in [2.05, 4.69) is 10.2 Å². The van der Waals surface area contributed by atoms with Gasteiger partial charge in [-0.1, -0.05) is 18.9 Å². The van der Waals surface area contributed by atoms with Gasteiger partial charge < -0.3 is 5.32 Å². The fourth-order valence-electron chi connectivity index (χ4n) is 3.63. The maximum atomic E-state index is 13.8. The largest absolute Gasteiger partial charge is 0.310 e. The van der Waals surface area contributed by atoms with Gasteiger partial charge in [-0.2, -0.15) is 0 Å². The summed E-state index contributed by atoms with van der Waals surface area (Å²) in [6, 6.07) is 3.90. The molecule has 1 aliphatic heterocycles. The van der Waals surface area contributed by atoms with Crippen LogP contribution in [-0.2, 0) is 6.54 Å². The van der Waals surface area contributed by atoms with E-state index in [9.17, 15) is 8.78 Å². The summed E-state index contributed by atoms with van der Waals surface area (Å²) in [5.41, 5.74) is 0.828. The van der Waals surface area contributed by atoms with Crippen molar-refractivity contribution < 1.29 is 8.78 Å². The molecule has 1 heterocycles. The van der Waals surface area contributed by atoms with Crippen LogP contribution >= 0.6 is 0 Å². The Kier molecular flexibility index (Phi) is 4.03. The van der Waals surface area contributed by atoms with Crippen molar-refractivity contribution in [3.8, 4) is 0 Å². The third-order valence-corrected chi connectivity index (χ3v) is 4.65. The predicted octanol–water partition coefficient (Wildman–Crippen LogP) is 3.07. The summed E-state index contributed by atoms with van der Waals surface area (Å²) in [5.74, 6) is -0.932. The summed E-state index contributed by atoms with van der Waals surface area (Å²) in [4.78, 5) is 2.32. The molecule has 1 aliphatic carbocycles. The molecule has 1 aromatic carbocycles. The van der Waals surface area contributed by atoms with Gasteiger partial charge in [0.05, 0.1) is 0 Å². The second kappa shape index (κ2) is 5.78. The fraction of sp³-hybridized carbons (Fsp3) is 0.625. The van der Waals surface area contributed by atoms with E-state index in [0.29, 0.717) is 12.1 Å². The van der Waals surface area contributed by atoms with Crippen LogP contribution in [0.2, 0.25) is 0 Å². The van der Waals surface area contributed by atoms with Gasteiger partial charge in [0.25, 0.3) is 0 Å². The molecule has 0 radical (unpaired) electrons. The Bertz CT molecular complexity index is 470. The van der Waals surface area contributed by atoms with Crippen molar-refractivity contribution in [3.05, 3.63) is 35.4 Å². The Morgan fingerprint density at radius 1 is 1.15 bits per heavy atom. The summed E-state index contributed by atoms with van der Waals surface area (Å²) in [6.07, 6.45) is 6.09. The van der Waals surface area contributed by atoms with E-state index in [1.165, 1.54) is 31.7 Å². The molecule has 4 heteroatoms. The SMILES string of the molecule is Fc1ccc(CN2CCCNC3(CCCC3)C2)c(F)c1. The Balaban J connectivity index is 1.72. The highest BCUT2D eigenvalue weighted by molar-refractivity contribution is 5.18. The first-order valence-corrected chi connectivity index (χ1v) is 7.58. The molecule has 2 aliphatic rings. The minimum atomic E-state index is -0.504. The van der Waals surface area contributed by atoms with Crippen molar-refractivity contribution in [2.75, 3.05) is 19.6 Å². The highest BCUT2D eigenvalue weighted by atomic mass is 19.1. The van der Waals surface area contributed by atoms with Crippen LogP contribution in [-0.4, -0.2) is 30.1 Å². The lowest BCUT2D eigenvalue weighted by molar-refractivity contribution is 0.201. The molecule has 0 unspecified atom stereocenters. The molecule has 1 saturated carbocycles. The molecule has 0 aromatic heterocycles. The van der Waals surface area contributed by atoms with Crippen molar-refractivity contribution in [2.24, 2.45) is 0 Å². The minimum absolute atomic E-state index is 0.229. The fourth-order valence-corrected chi connectivity index (χ4v) is 3.63. The molecule has 110 valence electrons. The molecular weight excluding hydrogens is 258 g/mol. The summed E-state index contributed by atoms with van der Waals surface area (Å²) in [5, 5.41) is 3.70. The van der Waals surface area contributed by atoms with Crippen LogP contribution in [0.4, 0.5) is 8.78 Å². The highest BCUT2D eigenvalue weighted by Gasteiger charge is 2.36. The third-order valence-electron chi connectivity index (χ3n) is 4.65. The maximum absolute atomic E-state index is 13.8. The van der Waals surface area contributed by atoms with Gasteiger partial charge in [0.15, 0.2) is 0 Å². The molecule has 0 atom stereocenters. The molecule has 1 saturated heterocycles. The van der Waals surface area contributed by atoms with Crippen LogP contribution < -0.4 is 5.32 Å². The smallest absolute Gasteiger partial charge is 0.130 e. The van der Waals surface area contributed by atoms with Crippen molar-refractivity contribution in [1.82, 2.24) is 10.2 Å². The Morgan fingerprint density at radius 2 is 1.95 bits per heavy atom. The van der Waals surface area contributed by atoms with Crippen molar-refractivity contribution in [3.63, 3.8) is 0 Å². The number of nitrogens with zero attached hydrogens (tertiary/aromatic N) is 1. The zero-order chi connectivity index (χ0) is 14.0. The monoisotopic (exact) mass is 280 g/mol. The zero-order valence-corrected chi connectivity index (χ0v) is 11.8. The summed E-state index contributed by atoms with van der Waals surface area (Å²) in [6.45, 7) is 3.58. The molecule has 2 fully saturated rings. The highest BCUT2D eigenvalue weighted by Crippen LogP contribution is 2.32. The van der Waals surface area contributed by atoms with Crippen molar-refractivity contribution in [2.45, 2.75) is 44.2 Å². The van der Waals surface area contributed by atoms with E-state index < -0.39 is 11.6 Å². The van der Waals surface area contributed by atoms with Crippen molar-refractivity contribution >= 4 is 0 Å². The molecule has 20 heavy (non-hydrogen) atoms. The molecule has 1 aromatic rings. The molecule has 1 spiro atoms. The average Bonchev–Trinajstić information content (AvgIpc) is 2.76. The van der Waals surface area contributed by atoms with Crippen LogP contribution in [0.5, 0.6) is 0 Å². The topological polar surface area (TPSA) is 15.3 Å². The average molecular weight is 280 g/mol. The van der Waals surface area contributed by atoms with Crippen LogP contribution in [0, 0.1) is 11.6 Å². The Morgan fingerprint density at radius 3 is 2.70 bits per heavy atom. The molecular formula is C16H22F2N2. The molecule has 0 amide bonds. The number of benzene rings is 1. The summed E-state index contributed by atoms with van der Waals surface area (Å²) >= 11 is 0. The first-order chi connectivity index (χ1) is 9.67. The number of hydrogen-bond acceptors (Lipinski definition) is 2. The van der Waals surface area contributed by atoms with Gasteiger partial charge in [-0.3, -0.25) is 4.90 Å². The summed E-state index contributed by atoms with van der Waals surface area (Å²) < 4.78 is 26.8. The second-order valence-corrected chi connectivity index (χ2v) is 6.21. The third kappa shape index (κ3) is 3.01. The van der Waals surface area contributed by atoms with Crippen LogP contribution in [0.1, 0.15) is 37.7 Å². The van der Waals surface area contributed by atoms with E-state index in [4.69, 9.17) is 0 Å². The molecule has 3 rings (SSSR count). The molecule has 2 nitrogen and oxygen atoms in total. The first kappa shape index (κ1) is 14.0. The maximum Gasteiger partial charge on any atom is 0.130 e.